The van der Waals surface area contributed by atoms with Gasteiger partial charge in [-0.2, -0.15) is 0 Å². The summed E-state index contributed by atoms with van der Waals surface area (Å²) in [5.41, 5.74) is 2.80. The highest BCUT2D eigenvalue weighted by Gasteiger charge is 2.20. The first-order valence-electron chi connectivity index (χ1n) is 7.21. The van der Waals surface area contributed by atoms with E-state index in [2.05, 4.69) is 80.0 Å². The van der Waals surface area contributed by atoms with Gasteiger partial charge in [-0.15, -0.1) is 0 Å². The van der Waals surface area contributed by atoms with Crippen molar-refractivity contribution in [2.24, 2.45) is 0 Å². The van der Waals surface area contributed by atoms with E-state index in [0.717, 1.165) is 6.42 Å². The molecular formula is C18H23Br. The summed E-state index contributed by atoms with van der Waals surface area (Å²) in [5.74, 6) is 0.640. The summed E-state index contributed by atoms with van der Waals surface area (Å²) < 4.78 is 0.0799. The van der Waals surface area contributed by atoms with Crippen LogP contribution in [0.1, 0.15) is 57.6 Å². The molecule has 0 N–H and O–H groups in total. The Kier molecular flexibility index (Phi) is 4.35. The van der Waals surface area contributed by atoms with Crippen LogP contribution in [0, 0.1) is 0 Å². The third kappa shape index (κ3) is 3.02. The van der Waals surface area contributed by atoms with Crippen molar-refractivity contribution in [3.8, 4) is 0 Å². The first-order valence-corrected chi connectivity index (χ1v) is 8.00. The molecule has 0 bridgehead atoms. The van der Waals surface area contributed by atoms with Crippen molar-refractivity contribution >= 4 is 26.7 Å². The predicted octanol–water partition coefficient (Wildman–Crippen LogP) is 6.37. The van der Waals surface area contributed by atoms with Crippen LogP contribution in [0.15, 0.2) is 36.4 Å². The van der Waals surface area contributed by atoms with Gasteiger partial charge < -0.3 is 0 Å². The molecule has 0 radical (unpaired) electrons. The highest BCUT2D eigenvalue weighted by molar-refractivity contribution is 9.09. The van der Waals surface area contributed by atoms with Crippen molar-refractivity contribution in [3.05, 3.63) is 47.5 Å². The maximum atomic E-state index is 3.82. The second-order valence-corrected chi connectivity index (χ2v) is 7.43. The molecule has 0 aliphatic carbocycles. The second kappa shape index (κ2) is 5.66. The third-order valence-corrected chi connectivity index (χ3v) is 5.33. The van der Waals surface area contributed by atoms with Gasteiger partial charge in [0.2, 0.25) is 0 Å². The Hall–Kier alpha value is -0.820. The summed E-state index contributed by atoms with van der Waals surface area (Å²) in [6.07, 6.45) is 2.28. The zero-order chi connectivity index (χ0) is 14.0. The molecule has 0 spiro atoms. The Morgan fingerprint density at radius 1 is 1.05 bits per heavy atom. The molecule has 0 aliphatic rings. The van der Waals surface area contributed by atoms with Crippen molar-refractivity contribution in [2.45, 2.75) is 50.8 Å². The lowest BCUT2D eigenvalue weighted by Crippen LogP contribution is -2.10. The molecule has 2 rings (SSSR count). The van der Waals surface area contributed by atoms with Gasteiger partial charge in [0.25, 0.3) is 0 Å². The molecular weight excluding hydrogens is 296 g/mol. The number of rotatable bonds is 4. The average molecular weight is 319 g/mol. The van der Waals surface area contributed by atoms with Crippen LogP contribution in [0.25, 0.3) is 10.8 Å². The van der Waals surface area contributed by atoms with Crippen LogP contribution in [-0.2, 0) is 4.32 Å². The van der Waals surface area contributed by atoms with Gasteiger partial charge >= 0.3 is 0 Å². The third-order valence-electron chi connectivity index (χ3n) is 4.31. The van der Waals surface area contributed by atoms with E-state index in [-0.39, 0.29) is 4.32 Å². The predicted molar refractivity (Wildman–Crippen MR) is 89.2 cm³/mol. The SMILES string of the molecule is CCC(C)c1ccc2cc(C(C)(Br)CC)ccc2c1. The highest BCUT2D eigenvalue weighted by atomic mass is 79.9. The Morgan fingerprint density at radius 2 is 1.68 bits per heavy atom. The molecule has 0 saturated heterocycles. The van der Waals surface area contributed by atoms with Gasteiger partial charge in [-0.3, -0.25) is 0 Å². The number of hydrogen-bond acceptors (Lipinski definition) is 0. The smallest absolute Gasteiger partial charge is 0.0475 e. The van der Waals surface area contributed by atoms with E-state index in [9.17, 15) is 0 Å². The monoisotopic (exact) mass is 318 g/mol. The van der Waals surface area contributed by atoms with E-state index in [1.165, 1.54) is 28.3 Å². The maximum absolute atomic E-state index is 3.82. The average Bonchev–Trinajstić information content (AvgIpc) is 2.45. The summed E-state index contributed by atoms with van der Waals surface area (Å²) in [6, 6.07) is 13.7. The molecule has 0 fully saturated rings. The lowest BCUT2D eigenvalue weighted by atomic mass is 9.92. The summed E-state index contributed by atoms with van der Waals surface area (Å²) in [4.78, 5) is 0. The maximum Gasteiger partial charge on any atom is 0.0475 e. The summed E-state index contributed by atoms with van der Waals surface area (Å²) in [6.45, 7) is 8.99. The number of fused-ring (bicyclic) bond motifs is 1. The minimum absolute atomic E-state index is 0.0799. The molecule has 0 heterocycles. The van der Waals surface area contributed by atoms with Crippen LogP contribution in [0.5, 0.6) is 0 Å². The van der Waals surface area contributed by atoms with Crippen LogP contribution < -0.4 is 0 Å². The molecule has 2 aromatic rings. The van der Waals surface area contributed by atoms with Gasteiger partial charge in [0.1, 0.15) is 0 Å². The molecule has 2 aromatic carbocycles. The van der Waals surface area contributed by atoms with Crippen molar-refractivity contribution in [2.75, 3.05) is 0 Å². The van der Waals surface area contributed by atoms with Crippen molar-refractivity contribution < 1.29 is 0 Å². The van der Waals surface area contributed by atoms with E-state index >= 15 is 0 Å². The quantitative estimate of drug-likeness (QED) is 0.574. The molecule has 0 nitrogen and oxygen atoms in total. The molecule has 0 amide bonds. The van der Waals surface area contributed by atoms with Crippen LogP contribution in [0.3, 0.4) is 0 Å². The minimum Gasteiger partial charge on any atom is -0.0804 e. The minimum atomic E-state index is 0.0799. The van der Waals surface area contributed by atoms with Gasteiger partial charge in [-0.25, -0.2) is 0 Å². The molecule has 2 atom stereocenters. The first-order chi connectivity index (χ1) is 8.97. The Labute approximate surface area is 125 Å². The van der Waals surface area contributed by atoms with Crippen LogP contribution in [0.4, 0.5) is 0 Å². The van der Waals surface area contributed by atoms with Crippen LogP contribution in [-0.4, -0.2) is 0 Å². The molecule has 0 aliphatic heterocycles. The molecule has 19 heavy (non-hydrogen) atoms. The van der Waals surface area contributed by atoms with E-state index < -0.39 is 0 Å². The van der Waals surface area contributed by atoms with E-state index in [4.69, 9.17) is 0 Å². The van der Waals surface area contributed by atoms with Gasteiger partial charge in [0, 0.05) is 4.32 Å². The highest BCUT2D eigenvalue weighted by Crippen LogP contribution is 2.36. The lowest BCUT2D eigenvalue weighted by Gasteiger charge is -2.21. The normalized spacial score (nSPS) is 16.3. The van der Waals surface area contributed by atoms with E-state index in [1.807, 2.05) is 0 Å². The van der Waals surface area contributed by atoms with Crippen LogP contribution >= 0.6 is 15.9 Å². The van der Waals surface area contributed by atoms with E-state index in [0.29, 0.717) is 5.92 Å². The van der Waals surface area contributed by atoms with Gasteiger partial charge in [-0.05, 0) is 53.6 Å². The topological polar surface area (TPSA) is 0 Å². The zero-order valence-corrected chi connectivity index (χ0v) is 13.9. The lowest BCUT2D eigenvalue weighted by molar-refractivity contribution is 0.682. The van der Waals surface area contributed by atoms with Crippen molar-refractivity contribution in [1.82, 2.24) is 0 Å². The molecule has 102 valence electrons. The van der Waals surface area contributed by atoms with E-state index in [1.54, 1.807) is 0 Å². The molecule has 2 unspecified atom stereocenters. The number of alkyl halides is 1. The van der Waals surface area contributed by atoms with Gasteiger partial charge in [-0.1, -0.05) is 67.0 Å². The number of hydrogen-bond donors (Lipinski definition) is 0. The second-order valence-electron chi connectivity index (χ2n) is 5.68. The van der Waals surface area contributed by atoms with Crippen molar-refractivity contribution in [1.29, 1.82) is 0 Å². The summed E-state index contributed by atoms with van der Waals surface area (Å²) >= 11 is 3.82. The largest absolute Gasteiger partial charge is 0.0804 e. The van der Waals surface area contributed by atoms with Gasteiger partial charge in [0.15, 0.2) is 0 Å². The van der Waals surface area contributed by atoms with Crippen molar-refractivity contribution in [3.63, 3.8) is 0 Å². The standard InChI is InChI=1S/C18H23Br/c1-5-13(3)14-7-8-16-12-17(18(4,19)6-2)10-9-15(16)11-14/h7-13H,5-6H2,1-4H3. The fraction of sp³-hybridized carbons (Fsp3) is 0.444. The Bertz CT molecular complexity index is 569. The summed E-state index contributed by atoms with van der Waals surface area (Å²) in [5, 5.41) is 2.68. The summed E-state index contributed by atoms with van der Waals surface area (Å²) in [7, 11) is 0. The van der Waals surface area contributed by atoms with Gasteiger partial charge in [0.05, 0.1) is 0 Å². The fourth-order valence-corrected chi connectivity index (χ4v) is 2.58. The fourth-order valence-electron chi connectivity index (χ4n) is 2.33. The first kappa shape index (κ1) is 14.6. The number of halogens is 1. The molecule has 0 saturated carbocycles. The number of benzene rings is 2. The molecule has 0 aromatic heterocycles. The molecule has 1 heteroatoms. The Morgan fingerprint density at radius 3 is 2.32 bits per heavy atom. The van der Waals surface area contributed by atoms with Crippen LogP contribution in [0.2, 0.25) is 0 Å². The zero-order valence-electron chi connectivity index (χ0n) is 12.3. The Balaban J connectivity index is 2.46.